The molecule has 0 aromatic carbocycles. The van der Waals surface area contributed by atoms with Crippen LogP contribution in [0, 0.1) is 0 Å². The highest BCUT2D eigenvalue weighted by molar-refractivity contribution is 4.83. The van der Waals surface area contributed by atoms with Crippen LogP contribution in [0.15, 0.2) is 12.7 Å². The molecule has 1 aliphatic rings. The Kier molecular flexibility index (Phi) is 5.20. The molecule has 3 atom stereocenters. The Morgan fingerprint density at radius 2 is 2.36 bits per heavy atom. The lowest BCUT2D eigenvalue weighted by Crippen LogP contribution is -2.41. The van der Waals surface area contributed by atoms with E-state index >= 15 is 0 Å². The first-order chi connectivity index (χ1) is 6.76. The van der Waals surface area contributed by atoms with Crippen LogP contribution in [0.1, 0.15) is 39.0 Å². The van der Waals surface area contributed by atoms with Crippen molar-refractivity contribution >= 4 is 0 Å². The SMILES string of the molecule is C=CCC(C)NC1CCCC(OC)C1. The predicted octanol–water partition coefficient (Wildman–Crippen LogP) is 2.50. The number of hydrogen-bond acceptors (Lipinski definition) is 2. The molecule has 1 aliphatic carbocycles. The lowest BCUT2D eigenvalue weighted by atomic mass is 9.92. The molecule has 0 heterocycles. The highest BCUT2D eigenvalue weighted by Crippen LogP contribution is 2.21. The van der Waals surface area contributed by atoms with Crippen LogP contribution in [0.25, 0.3) is 0 Å². The van der Waals surface area contributed by atoms with Crippen molar-refractivity contribution in [1.29, 1.82) is 0 Å². The summed E-state index contributed by atoms with van der Waals surface area (Å²) in [6.07, 6.45) is 8.47. The maximum absolute atomic E-state index is 5.40. The highest BCUT2D eigenvalue weighted by atomic mass is 16.5. The number of methoxy groups -OCH3 is 1. The van der Waals surface area contributed by atoms with Crippen molar-refractivity contribution in [2.75, 3.05) is 7.11 Å². The molecule has 1 fully saturated rings. The van der Waals surface area contributed by atoms with E-state index in [-0.39, 0.29) is 0 Å². The smallest absolute Gasteiger partial charge is 0.0586 e. The third-order valence-corrected chi connectivity index (χ3v) is 3.00. The van der Waals surface area contributed by atoms with E-state index in [2.05, 4.69) is 18.8 Å². The zero-order chi connectivity index (χ0) is 10.4. The van der Waals surface area contributed by atoms with Crippen molar-refractivity contribution in [2.24, 2.45) is 0 Å². The van der Waals surface area contributed by atoms with Crippen molar-refractivity contribution in [1.82, 2.24) is 5.32 Å². The summed E-state index contributed by atoms with van der Waals surface area (Å²) in [6.45, 7) is 5.98. The third-order valence-electron chi connectivity index (χ3n) is 3.00. The Labute approximate surface area is 87.7 Å². The Morgan fingerprint density at radius 1 is 1.57 bits per heavy atom. The largest absolute Gasteiger partial charge is 0.381 e. The van der Waals surface area contributed by atoms with E-state index in [9.17, 15) is 0 Å². The minimum Gasteiger partial charge on any atom is -0.381 e. The average Bonchev–Trinajstić information content (AvgIpc) is 2.18. The first-order valence-corrected chi connectivity index (χ1v) is 5.66. The van der Waals surface area contributed by atoms with Crippen LogP contribution in [0.4, 0.5) is 0 Å². The fourth-order valence-electron chi connectivity index (χ4n) is 2.23. The van der Waals surface area contributed by atoms with Crippen molar-refractivity contribution in [3.8, 4) is 0 Å². The second kappa shape index (κ2) is 6.20. The number of rotatable bonds is 5. The second-order valence-corrected chi connectivity index (χ2v) is 4.31. The monoisotopic (exact) mass is 197 g/mol. The summed E-state index contributed by atoms with van der Waals surface area (Å²) < 4.78 is 5.40. The quantitative estimate of drug-likeness (QED) is 0.684. The molecule has 1 rings (SSSR count). The van der Waals surface area contributed by atoms with Crippen LogP contribution in [-0.4, -0.2) is 25.3 Å². The van der Waals surface area contributed by atoms with Crippen LogP contribution in [0.5, 0.6) is 0 Å². The molecule has 3 unspecified atom stereocenters. The molecule has 0 radical (unpaired) electrons. The van der Waals surface area contributed by atoms with Crippen LogP contribution in [-0.2, 0) is 4.74 Å². The number of nitrogens with one attached hydrogen (secondary N) is 1. The molecular formula is C12H23NO. The van der Waals surface area contributed by atoms with Crippen molar-refractivity contribution in [2.45, 2.75) is 57.2 Å². The van der Waals surface area contributed by atoms with Crippen LogP contribution >= 0.6 is 0 Å². The van der Waals surface area contributed by atoms with Crippen molar-refractivity contribution in [3.63, 3.8) is 0 Å². The van der Waals surface area contributed by atoms with Gasteiger partial charge in [-0.2, -0.15) is 0 Å². The molecule has 0 aromatic heterocycles. The zero-order valence-corrected chi connectivity index (χ0v) is 9.46. The normalized spacial score (nSPS) is 29.9. The molecule has 1 saturated carbocycles. The van der Waals surface area contributed by atoms with Gasteiger partial charge < -0.3 is 10.1 Å². The summed E-state index contributed by atoms with van der Waals surface area (Å²) >= 11 is 0. The minimum atomic E-state index is 0.470. The van der Waals surface area contributed by atoms with Crippen LogP contribution < -0.4 is 5.32 Å². The second-order valence-electron chi connectivity index (χ2n) is 4.31. The van der Waals surface area contributed by atoms with Gasteiger partial charge >= 0.3 is 0 Å². The predicted molar refractivity (Wildman–Crippen MR) is 60.5 cm³/mol. The van der Waals surface area contributed by atoms with Gasteiger partial charge in [0.1, 0.15) is 0 Å². The molecule has 2 heteroatoms. The summed E-state index contributed by atoms with van der Waals surface area (Å²) in [5.41, 5.74) is 0. The van der Waals surface area contributed by atoms with Gasteiger partial charge in [0, 0.05) is 19.2 Å². The lowest BCUT2D eigenvalue weighted by molar-refractivity contribution is 0.0573. The molecule has 0 bridgehead atoms. The molecule has 0 spiro atoms. The van der Waals surface area contributed by atoms with Gasteiger partial charge in [-0.05, 0) is 39.0 Å². The maximum atomic E-state index is 5.40. The number of ether oxygens (including phenoxy) is 1. The number of hydrogen-bond donors (Lipinski definition) is 1. The molecule has 14 heavy (non-hydrogen) atoms. The molecule has 0 aliphatic heterocycles. The Balaban J connectivity index is 2.26. The topological polar surface area (TPSA) is 21.3 Å². The van der Waals surface area contributed by atoms with E-state index < -0.39 is 0 Å². The average molecular weight is 197 g/mol. The molecule has 0 saturated heterocycles. The van der Waals surface area contributed by atoms with Crippen molar-refractivity contribution < 1.29 is 4.74 Å². The third kappa shape index (κ3) is 3.81. The molecule has 0 aromatic rings. The standard InChI is InChI=1S/C12H23NO/c1-4-6-10(2)13-11-7-5-8-12(9-11)14-3/h4,10-13H,1,5-9H2,2-3H3. The summed E-state index contributed by atoms with van der Waals surface area (Å²) in [4.78, 5) is 0. The molecule has 82 valence electrons. The van der Waals surface area contributed by atoms with Gasteiger partial charge in [-0.3, -0.25) is 0 Å². The van der Waals surface area contributed by atoms with Gasteiger partial charge in [0.15, 0.2) is 0 Å². The zero-order valence-electron chi connectivity index (χ0n) is 9.46. The fraction of sp³-hybridized carbons (Fsp3) is 0.833. The Bertz CT molecular complexity index is 170. The molecular weight excluding hydrogens is 174 g/mol. The lowest BCUT2D eigenvalue weighted by Gasteiger charge is -2.30. The van der Waals surface area contributed by atoms with Gasteiger partial charge in [-0.25, -0.2) is 0 Å². The van der Waals surface area contributed by atoms with E-state index in [1.54, 1.807) is 0 Å². The van der Waals surface area contributed by atoms with Crippen LogP contribution in [0.2, 0.25) is 0 Å². The van der Waals surface area contributed by atoms with Gasteiger partial charge in [0.2, 0.25) is 0 Å². The molecule has 2 nitrogen and oxygen atoms in total. The summed E-state index contributed by atoms with van der Waals surface area (Å²) in [5, 5.41) is 3.63. The van der Waals surface area contributed by atoms with E-state index in [1.807, 2.05) is 13.2 Å². The van der Waals surface area contributed by atoms with Gasteiger partial charge in [-0.15, -0.1) is 6.58 Å². The van der Waals surface area contributed by atoms with Crippen molar-refractivity contribution in [3.05, 3.63) is 12.7 Å². The fourth-order valence-corrected chi connectivity index (χ4v) is 2.23. The first kappa shape index (κ1) is 11.7. The first-order valence-electron chi connectivity index (χ1n) is 5.66. The van der Waals surface area contributed by atoms with E-state index in [0.29, 0.717) is 18.2 Å². The van der Waals surface area contributed by atoms with Crippen LogP contribution in [0.3, 0.4) is 0 Å². The van der Waals surface area contributed by atoms with E-state index in [4.69, 9.17) is 4.74 Å². The van der Waals surface area contributed by atoms with Gasteiger partial charge in [-0.1, -0.05) is 6.08 Å². The highest BCUT2D eigenvalue weighted by Gasteiger charge is 2.22. The van der Waals surface area contributed by atoms with Gasteiger partial charge in [0.05, 0.1) is 6.10 Å². The molecule has 1 N–H and O–H groups in total. The summed E-state index contributed by atoms with van der Waals surface area (Å²) in [7, 11) is 1.82. The van der Waals surface area contributed by atoms with Gasteiger partial charge in [0.25, 0.3) is 0 Å². The molecule has 0 amide bonds. The Hall–Kier alpha value is -0.340. The minimum absolute atomic E-state index is 0.470. The summed E-state index contributed by atoms with van der Waals surface area (Å²) in [6, 6.07) is 1.19. The van der Waals surface area contributed by atoms with E-state index in [0.717, 1.165) is 12.8 Å². The maximum Gasteiger partial charge on any atom is 0.0586 e. The Morgan fingerprint density at radius 3 is 3.00 bits per heavy atom. The van der Waals surface area contributed by atoms with E-state index in [1.165, 1.54) is 19.3 Å². The summed E-state index contributed by atoms with van der Waals surface area (Å²) in [5.74, 6) is 0.